The Bertz CT molecular complexity index is 1240. The summed E-state index contributed by atoms with van der Waals surface area (Å²) in [6.07, 6.45) is 4.70. The first kappa shape index (κ1) is 15.8. The van der Waals surface area contributed by atoms with Gasteiger partial charge in [0, 0.05) is 10.4 Å². The van der Waals surface area contributed by atoms with Crippen LogP contribution in [0.4, 0.5) is 0 Å². The van der Waals surface area contributed by atoms with Gasteiger partial charge in [-0.3, -0.25) is 0 Å². The fraction of sp³-hybridized carbons (Fsp3) is 0.333. The van der Waals surface area contributed by atoms with Crippen molar-refractivity contribution >= 4 is 80.2 Å². The van der Waals surface area contributed by atoms with Crippen LogP contribution in [0.2, 0.25) is 0 Å². The smallest absolute Gasteiger partial charge is 0.134 e. The largest absolute Gasteiger partial charge is 0.172 e. The molecule has 0 bridgehead atoms. The monoisotopic (exact) mass is 414 g/mol. The van der Waals surface area contributed by atoms with Crippen LogP contribution >= 0.6 is 47.0 Å². The van der Waals surface area contributed by atoms with E-state index < -0.39 is 0 Å². The first-order valence-corrected chi connectivity index (χ1v) is 11.4. The lowest BCUT2D eigenvalue weighted by atomic mass is 9.75. The molecule has 0 N–H and O–H groups in total. The van der Waals surface area contributed by atoms with Gasteiger partial charge in [0.1, 0.15) is 22.1 Å². The van der Waals surface area contributed by atoms with Gasteiger partial charge in [-0.1, -0.05) is 0 Å². The highest BCUT2D eigenvalue weighted by Gasteiger charge is 2.56. The number of hydrogen-bond donors (Lipinski definition) is 0. The van der Waals surface area contributed by atoms with Crippen LogP contribution < -0.4 is 10.4 Å². The van der Waals surface area contributed by atoms with E-state index in [1.54, 1.807) is 0 Å². The van der Waals surface area contributed by atoms with Gasteiger partial charge in [-0.2, -0.15) is 17.5 Å². The molecule has 2 unspecified atom stereocenters. The summed E-state index contributed by atoms with van der Waals surface area (Å²) >= 11 is 6.50. The molecule has 3 aromatic rings. The molecule has 0 saturated heterocycles. The standard InChI is InChI=1S/C18H14N4S4/c1-7-5-9-11-12(10-6-8(2)24-18(10,4)17(9,3)23-7)14-16(22-26-20-14)15-13(11)19-25-21-15/h5-6H,1-4H3. The molecule has 130 valence electrons. The first-order chi connectivity index (χ1) is 12.4. The first-order valence-electron chi connectivity index (χ1n) is 8.35. The molecule has 0 spiro atoms. The fourth-order valence-corrected chi connectivity index (χ4v) is 8.75. The van der Waals surface area contributed by atoms with Crippen LogP contribution in [0, 0.1) is 0 Å². The molecule has 0 radical (unpaired) electrons. The second-order valence-corrected chi connectivity index (χ2v) is 11.7. The lowest BCUT2D eigenvalue weighted by molar-refractivity contribution is 0.690. The Morgan fingerprint density at radius 3 is 1.46 bits per heavy atom. The molecule has 26 heavy (non-hydrogen) atoms. The quantitative estimate of drug-likeness (QED) is 0.557. The van der Waals surface area contributed by atoms with Crippen molar-refractivity contribution in [3.8, 4) is 0 Å². The molecule has 6 rings (SSSR count). The van der Waals surface area contributed by atoms with E-state index in [1.165, 1.54) is 54.9 Å². The van der Waals surface area contributed by atoms with Crippen LogP contribution in [0.1, 0.15) is 27.7 Å². The van der Waals surface area contributed by atoms with Gasteiger partial charge in [0.05, 0.1) is 33.0 Å². The van der Waals surface area contributed by atoms with Gasteiger partial charge in [-0.05, 0) is 60.8 Å². The Labute approximate surface area is 166 Å². The Hall–Kier alpha value is -1.22. The molecule has 4 nitrogen and oxygen atoms in total. The predicted molar refractivity (Wildman–Crippen MR) is 114 cm³/mol. The molecule has 1 aliphatic carbocycles. The summed E-state index contributed by atoms with van der Waals surface area (Å²) in [5.74, 6) is 0. The van der Waals surface area contributed by atoms with E-state index in [2.05, 4.69) is 48.6 Å². The molecule has 2 aliphatic heterocycles. The lowest BCUT2D eigenvalue weighted by Gasteiger charge is -2.45. The van der Waals surface area contributed by atoms with Gasteiger partial charge in [0.2, 0.25) is 0 Å². The van der Waals surface area contributed by atoms with Crippen molar-refractivity contribution in [2.45, 2.75) is 37.2 Å². The van der Waals surface area contributed by atoms with Gasteiger partial charge in [-0.25, -0.2) is 0 Å². The van der Waals surface area contributed by atoms with E-state index in [1.807, 2.05) is 23.5 Å². The molecule has 4 heterocycles. The third-order valence-electron chi connectivity index (χ3n) is 5.83. The molecular formula is C18H14N4S4. The van der Waals surface area contributed by atoms with Crippen molar-refractivity contribution in [3.63, 3.8) is 0 Å². The van der Waals surface area contributed by atoms with Crippen LogP contribution in [-0.4, -0.2) is 27.0 Å². The van der Waals surface area contributed by atoms with E-state index in [-0.39, 0.29) is 9.49 Å². The summed E-state index contributed by atoms with van der Waals surface area (Å²) in [7, 11) is 0. The molecule has 3 aliphatic rings. The molecule has 2 aromatic heterocycles. The van der Waals surface area contributed by atoms with Crippen LogP contribution in [0.3, 0.4) is 0 Å². The lowest BCUT2D eigenvalue weighted by Crippen LogP contribution is -2.54. The normalized spacial score (nSPS) is 29.8. The zero-order valence-corrected chi connectivity index (χ0v) is 17.8. The average Bonchev–Trinajstić information content (AvgIpc) is 3.31. The fourth-order valence-electron chi connectivity index (χ4n) is 4.60. The van der Waals surface area contributed by atoms with E-state index >= 15 is 0 Å². The van der Waals surface area contributed by atoms with Crippen LogP contribution in [0.25, 0.3) is 33.2 Å². The molecule has 2 atom stereocenters. The highest BCUT2D eigenvalue weighted by molar-refractivity contribution is 8.09. The van der Waals surface area contributed by atoms with Crippen molar-refractivity contribution in [2.24, 2.45) is 0 Å². The highest BCUT2D eigenvalue weighted by Crippen LogP contribution is 2.64. The number of rotatable bonds is 0. The number of benzene rings is 1. The zero-order valence-electron chi connectivity index (χ0n) is 14.6. The third-order valence-corrected chi connectivity index (χ3v) is 9.97. The van der Waals surface area contributed by atoms with Crippen molar-refractivity contribution in [2.75, 3.05) is 0 Å². The SMILES string of the molecule is CC1=CC2=c3c(c4nsnc4c4nsnc34)=C3C=C(C)SC3(C)C2(C)S1. The minimum absolute atomic E-state index is 0.0357. The molecule has 0 amide bonds. The number of allylic oxidation sites excluding steroid dienone is 4. The maximum atomic E-state index is 4.70. The third kappa shape index (κ3) is 1.62. The summed E-state index contributed by atoms with van der Waals surface area (Å²) in [6.45, 7) is 9.20. The van der Waals surface area contributed by atoms with Gasteiger partial charge < -0.3 is 0 Å². The molecule has 1 aromatic carbocycles. The summed E-state index contributed by atoms with van der Waals surface area (Å²) in [6, 6.07) is 0. The van der Waals surface area contributed by atoms with Crippen LogP contribution in [-0.2, 0) is 0 Å². The van der Waals surface area contributed by atoms with Gasteiger partial charge in [0.15, 0.2) is 0 Å². The highest BCUT2D eigenvalue weighted by atomic mass is 32.2. The van der Waals surface area contributed by atoms with E-state index in [0.717, 1.165) is 22.1 Å². The maximum Gasteiger partial charge on any atom is 0.134 e. The summed E-state index contributed by atoms with van der Waals surface area (Å²) in [5, 5.41) is 2.44. The van der Waals surface area contributed by atoms with E-state index in [4.69, 9.17) is 8.75 Å². The Kier molecular flexibility index (Phi) is 2.91. The number of thioether (sulfide) groups is 2. The summed E-state index contributed by atoms with van der Waals surface area (Å²) < 4.78 is 18.5. The zero-order chi connectivity index (χ0) is 17.8. The Morgan fingerprint density at radius 1 is 0.654 bits per heavy atom. The maximum absolute atomic E-state index is 4.70. The molecule has 0 saturated carbocycles. The second-order valence-electron chi connectivity index (χ2n) is 7.28. The predicted octanol–water partition coefficient (Wildman–Crippen LogP) is 3.83. The minimum atomic E-state index is -0.0357. The molecular weight excluding hydrogens is 400 g/mol. The van der Waals surface area contributed by atoms with Crippen molar-refractivity contribution in [1.82, 2.24) is 17.5 Å². The van der Waals surface area contributed by atoms with Crippen molar-refractivity contribution in [1.29, 1.82) is 0 Å². The molecule has 8 heteroatoms. The number of fused-ring (bicyclic) bond motifs is 9. The van der Waals surface area contributed by atoms with Crippen LogP contribution in [0.5, 0.6) is 0 Å². The van der Waals surface area contributed by atoms with Gasteiger partial charge >= 0.3 is 0 Å². The topological polar surface area (TPSA) is 51.6 Å². The Balaban J connectivity index is 2.04. The van der Waals surface area contributed by atoms with Gasteiger partial charge in [-0.15, -0.1) is 23.5 Å². The second kappa shape index (κ2) is 4.79. The summed E-state index contributed by atoms with van der Waals surface area (Å²) in [4.78, 5) is 2.71. The number of nitrogens with zero attached hydrogens (tertiary/aromatic N) is 4. The number of aromatic nitrogens is 4. The Morgan fingerprint density at radius 2 is 1.04 bits per heavy atom. The van der Waals surface area contributed by atoms with Crippen molar-refractivity contribution < 1.29 is 0 Å². The average molecular weight is 415 g/mol. The van der Waals surface area contributed by atoms with Crippen molar-refractivity contribution in [3.05, 3.63) is 32.4 Å². The minimum Gasteiger partial charge on any atom is -0.172 e. The van der Waals surface area contributed by atoms with E-state index in [0.29, 0.717) is 0 Å². The summed E-state index contributed by atoms with van der Waals surface area (Å²) in [5.41, 5.74) is 6.48. The van der Waals surface area contributed by atoms with Crippen LogP contribution in [0.15, 0.2) is 22.0 Å². The molecule has 0 fully saturated rings. The number of hydrogen-bond acceptors (Lipinski definition) is 8. The van der Waals surface area contributed by atoms with Gasteiger partial charge in [0.25, 0.3) is 0 Å². The van der Waals surface area contributed by atoms with E-state index in [9.17, 15) is 0 Å².